The zero-order chi connectivity index (χ0) is 14.3. The molecule has 0 bridgehead atoms. The number of nitrogens with two attached hydrogens (primary N) is 3. The van der Waals surface area contributed by atoms with Gasteiger partial charge >= 0.3 is 5.97 Å². The van der Waals surface area contributed by atoms with Crippen LogP contribution in [0.5, 0.6) is 0 Å². The molecule has 8 heteroatoms. The molecule has 0 spiro atoms. The molecule has 8 nitrogen and oxygen atoms in total. The second-order valence-electron chi connectivity index (χ2n) is 3.47. The first-order valence-corrected chi connectivity index (χ1v) is 5.25. The van der Waals surface area contributed by atoms with Crippen molar-refractivity contribution in [3.63, 3.8) is 0 Å². The molecule has 1 aromatic carbocycles. The van der Waals surface area contributed by atoms with Gasteiger partial charge < -0.3 is 22.3 Å². The van der Waals surface area contributed by atoms with Crippen molar-refractivity contribution in [3.05, 3.63) is 35.9 Å². The van der Waals surface area contributed by atoms with E-state index in [9.17, 15) is 4.79 Å². The van der Waals surface area contributed by atoms with Crippen LogP contribution in [-0.4, -0.2) is 26.0 Å². The van der Waals surface area contributed by atoms with E-state index >= 15 is 0 Å². The second kappa shape index (κ2) is 6.74. The first-order valence-electron chi connectivity index (χ1n) is 5.25. The fourth-order valence-corrected chi connectivity index (χ4v) is 1.20. The normalized spacial score (nSPS) is 9.26. The van der Waals surface area contributed by atoms with Crippen molar-refractivity contribution >= 4 is 23.8 Å². The summed E-state index contributed by atoms with van der Waals surface area (Å²) in [7, 11) is 0. The average Bonchev–Trinajstić information content (AvgIpc) is 2.28. The number of carboxylic acids is 1. The fraction of sp³-hybridized carbons (Fsp3) is 0.0909. The van der Waals surface area contributed by atoms with Gasteiger partial charge in [-0.3, -0.25) is 4.79 Å². The molecular formula is C11H14N6O2. The Morgan fingerprint density at radius 2 is 1.37 bits per heavy atom. The van der Waals surface area contributed by atoms with E-state index in [0.29, 0.717) is 0 Å². The van der Waals surface area contributed by atoms with Crippen LogP contribution in [0, 0.1) is 0 Å². The Kier molecular flexibility index (Phi) is 5.03. The molecule has 0 unspecified atom stereocenters. The number of aliphatic carboxylic acids is 1. The highest BCUT2D eigenvalue weighted by molar-refractivity contribution is 5.70. The summed E-state index contributed by atoms with van der Waals surface area (Å²) in [6.07, 6.45) is 0.112. The van der Waals surface area contributed by atoms with Crippen LogP contribution in [0.25, 0.3) is 0 Å². The van der Waals surface area contributed by atoms with Gasteiger partial charge in [-0.2, -0.15) is 15.0 Å². The lowest BCUT2D eigenvalue weighted by molar-refractivity contribution is -0.136. The number of anilines is 3. The lowest BCUT2D eigenvalue weighted by Gasteiger charge is -1.93. The molecule has 1 heterocycles. The predicted octanol–water partition coefficient (Wildman–Crippen LogP) is -0.0681. The highest BCUT2D eigenvalue weighted by atomic mass is 16.4. The maximum Gasteiger partial charge on any atom is 0.307 e. The zero-order valence-electron chi connectivity index (χ0n) is 10.0. The summed E-state index contributed by atoms with van der Waals surface area (Å²) in [4.78, 5) is 20.6. The monoisotopic (exact) mass is 262 g/mol. The Morgan fingerprint density at radius 1 is 0.947 bits per heavy atom. The lowest BCUT2D eigenvalue weighted by Crippen LogP contribution is -2.05. The topological polar surface area (TPSA) is 154 Å². The molecule has 7 N–H and O–H groups in total. The maximum atomic E-state index is 10.2. The van der Waals surface area contributed by atoms with Crippen LogP contribution in [0.1, 0.15) is 5.56 Å². The van der Waals surface area contributed by atoms with Crippen LogP contribution in [0.3, 0.4) is 0 Å². The van der Waals surface area contributed by atoms with Crippen molar-refractivity contribution in [1.29, 1.82) is 0 Å². The highest BCUT2D eigenvalue weighted by Crippen LogP contribution is 1.98. The molecule has 0 fully saturated rings. The summed E-state index contributed by atoms with van der Waals surface area (Å²) in [5, 5.41) is 8.37. The quantitative estimate of drug-likeness (QED) is 0.586. The number of aromatic nitrogens is 3. The number of benzene rings is 1. The molecule has 0 saturated carbocycles. The summed E-state index contributed by atoms with van der Waals surface area (Å²) in [6.45, 7) is 0. The van der Waals surface area contributed by atoms with Gasteiger partial charge in [-0.1, -0.05) is 30.3 Å². The zero-order valence-corrected chi connectivity index (χ0v) is 10.0. The van der Waals surface area contributed by atoms with Gasteiger partial charge in [0.2, 0.25) is 17.8 Å². The summed E-state index contributed by atoms with van der Waals surface area (Å²) in [5.41, 5.74) is 16.3. The van der Waals surface area contributed by atoms with Gasteiger partial charge in [0.1, 0.15) is 0 Å². The number of carbonyl (C=O) groups is 1. The third-order valence-electron chi connectivity index (χ3n) is 1.89. The Balaban J connectivity index is 0.000000191. The van der Waals surface area contributed by atoms with E-state index in [2.05, 4.69) is 15.0 Å². The van der Waals surface area contributed by atoms with E-state index in [0.717, 1.165) is 5.56 Å². The number of hydrogen-bond acceptors (Lipinski definition) is 7. The molecule has 1 aromatic heterocycles. The molecule has 0 amide bonds. The second-order valence-corrected chi connectivity index (χ2v) is 3.47. The molecule has 0 aliphatic carbocycles. The van der Waals surface area contributed by atoms with E-state index in [4.69, 9.17) is 22.3 Å². The molecule has 0 saturated heterocycles. The maximum absolute atomic E-state index is 10.2. The summed E-state index contributed by atoms with van der Waals surface area (Å²) >= 11 is 0. The number of rotatable bonds is 2. The number of nitrogens with zero attached hydrogens (tertiary/aromatic N) is 3. The van der Waals surface area contributed by atoms with E-state index in [1.54, 1.807) is 12.1 Å². The number of hydrogen-bond donors (Lipinski definition) is 4. The van der Waals surface area contributed by atoms with E-state index < -0.39 is 5.97 Å². The van der Waals surface area contributed by atoms with Crippen molar-refractivity contribution in [3.8, 4) is 0 Å². The highest BCUT2D eigenvalue weighted by Gasteiger charge is 1.96. The summed E-state index contributed by atoms with van der Waals surface area (Å²) in [5.74, 6) is -0.661. The van der Waals surface area contributed by atoms with E-state index in [1.807, 2.05) is 18.2 Å². The molecule has 2 aromatic rings. The first-order chi connectivity index (χ1) is 8.97. The van der Waals surface area contributed by atoms with E-state index in [1.165, 1.54) is 0 Å². The minimum Gasteiger partial charge on any atom is -0.481 e. The van der Waals surface area contributed by atoms with Crippen LogP contribution in [-0.2, 0) is 11.2 Å². The molecule has 100 valence electrons. The van der Waals surface area contributed by atoms with Gasteiger partial charge in [0.05, 0.1) is 6.42 Å². The van der Waals surface area contributed by atoms with Gasteiger partial charge in [0.15, 0.2) is 0 Å². The van der Waals surface area contributed by atoms with Crippen LogP contribution in [0.4, 0.5) is 17.8 Å². The molecule has 0 atom stereocenters. The Labute approximate surface area is 109 Å². The SMILES string of the molecule is Nc1nc(N)nc(N)n1.O=C(O)Cc1ccccc1. The Morgan fingerprint density at radius 3 is 1.74 bits per heavy atom. The Hall–Kier alpha value is -2.90. The third kappa shape index (κ3) is 5.82. The first kappa shape index (κ1) is 14.2. The molecular weight excluding hydrogens is 248 g/mol. The van der Waals surface area contributed by atoms with Gasteiger partial charge in [-0.05, 0) is 5.56 Å². The molecule has 0 aliphatic heterocycles. The standard InChI is InChI=1S/C8H8O2.C3H6N6/c9-8(10)6-7-4-2-1-3-5-7;4-1-7-2(5)9-3(6)8-1/h1-5H,6H2,(H,9,10);(H6,4,5,6,7,8,9). The van der Waals surface area contributed by atoms with Crippen LogP contribution < -0.4 is 17.2 Å². The minimum atomic E-state index is -0.786. The van der Waals surface area contributed by atoms with Crippen molar-refractivity contribution in [2.45, 2.75) is 6.42 Å². The van der Waals surface area contributed by atoms with Crippen molar-refractivity contribution < 1.29 is 9.90 Å². The van der Waals surface area contributed by atoms with Gasteiger partial charge in [-0.15, -0.1) is 0 Å². The summed E-state index contributed by atoms with van der Waals surface area (Å²) < 4.78 is 0. The minimum absolute atomic E-state index is 0.0417. The van der Waals surface area contributed by atoms with Crippen molar-refractivity contribution in [2.75, 3.05) is 17.2 Å². The fourth-order valence-electron chi connectivity index (χ4n) is 1.20. The van der Waals surface area contributed by atoms with Gasteiger partial charge in [-0.25, -0.2) is 0 Å². The smallest absolute Gasteiger partial charge is 0.307 e. The molecule has 0 radical (unpaired) electrons. The number of nitrogen functional groups attached to an aromatic ring is 3. The van der Waals surface area contributed by atoms with Crippen molar-refractivity contribution in [1.82, 2.24) is 15.0 Å². The predicted molar refractivity (Wildman–Crippen MR) is 70.8 cm³/mol. The summed E-state index contributed by atoms with van der Waals surface area (Å²) in [6, 6.07) is 9.13. The van der Waals surface area contributed by atoms with Gasteiger partial charge in [0, 0.05) is 0 Å². The molecule has 2 rings (SSSR count). The molecule has 0 aliphatic rings. The molecule has 19 heavy (non-hydrogen) atoms. The Bertz CT molecular complexity index is 496. The largest absolute Gasteiger partial charge is 0.481 e. The third-order valence-corrected chi connectivity index (χ3v) is 1.89. The lowest BCUT2D eigenvalue weighted by atomic mass is 10.2. The van der Waals surface area contributed by atoms with Crippen LogP contribution in [0.2, 0.25) is 0 Å². The number of carboxylic acid groups (broad SMARTS) is 1. The van der Waals surface area contributed by atoms with E-state index in [-0.39, 0.29) is 24.3 Å². The van der Waals surface area contributed by atoms with Gasteiger partial charge in [0.25, 0.3) is 0 Å². The van der Waals surface area contributed by atoms with Crippen LogP contribution in [0.15, 0.2) is 30.3 Å². The van der Waals surface area contributed by atoms with Crippen LogP contribution >= 0.6 is 0 Å². The van der Waals surface area contributed by atoms with Crippen molar-refractivity contribution in [2.24, 2.45) is 0 Å². The average molecular weight is 262 g/mol.